The third kappa shape index (κ3) is 3.71. The van der Waals surface area contributed by atoms with Crippen LogP contribution in [-0.4, -0.2) is 28.0 Å². The first-order chi connectivity index (χ1) is 14.8. The van der Waals surface area contributed by atoms with Gasteiger partial charge in [0.25, 0.3) is 5.56 Å². The van der Waals surface area contributed by atoms with Gasteiger partial charge in [-0.3, -0.25) is 14.6 Å². The molecule has 0 saturated carbocycles. The second kappa shape index (κ2) is 8.18. The van der Waals surface area contributed by atoms with E-state index >= 15 is 0 Å². The van der Waals surface area contributed by atoms with Crippen LogP contribution in [0.3, 0.4) is 0 Å². The minimum Gasteiger partial charge on any atom is -0.337 e. The lowest BCUT2D eigenvalue weighted by molar-refractivity contribution is -0.119. The van der Waals surface area contributed by atoms with Gasteiger partial charge in [0.2, 0.25) is 11.9 Å². The van der Waals surface area contributed by atoms with Gasteiger partial charge in [-0.25, -0.2) is 0 Å². The van der Waals surface area contributed by atoms with E-state index in [0.717, 1.165) is 30.4 Å². The van der Waals surface area contributed by atoms with Crippen molar-refractivity contribution in [1.29, 1.82) is 5.26 Å². The Labute approximate surface area is 182 Å². The largest absolute Gasteiger partial charge is 0.337 e. The van der Waals surface area contributed by atoms with Crippen LogP contribution in [0.1, 0.15) is 75.5 Å². The summed E-state index contributed by atoms with van der Waals surface area (Å²) in [5.41, 5.74) is 1.98. The van der Waals surface area contributed by atoms with E-state index in [4.69, 9.17) is 0 Å². The van der Waals surface area contributed by atoms with E-state index in [1.165, 1.54) is 0 Å². The number of aromatic nitrogens is 2. The summed E-state index contributed by atoms with van der Waals surface area (Å²) < 4.78 is 0. The number of fused-ring (bicyclic) bond motifs is 1. The highest BCUT2D eigenvalue weighted by Gasteiger charge is 2.41. The van der Waals surface area contributed by atoms with Crippen LogP contribution in [0.5, 0.6) is 0 Å². The fourth-order valence-corrected chi connectivity index (χ4v) is 4.91. The number of hydrogen-bond donors (Lipinski definition) is 2. The maximum Gasteiger partial charge on any atom is 0.258 e. The summed E-state index contributed by atoms with van der Waals surface area (Å²) in [7, 11) is 0. The van der Waals surface area contributed by atoms with Crippen molar-refractivity contribution in [3.05, 3.63) is 51.3 Å². The highest BCUT2D eigenvalue weighted by atomic mass is 16.2. The van der Waals surface area contributed by atoms with Crippen LogP contribution in [0.2, 0.25) is 0 Å². The zero-order chi connectivity index (χ0) is 22.3. The first kappa shape index (κ1) is 21.1. The quantitative estimate of drug-likeness (QED) is 0.786. The van der Waals surface area contributed by atoms with Gasteiger partial charge < -0.3 is 10.2 Å². The number of carbonyl (C=O) groups is 1. The SMILES string of the molecule is CC(C)c1ccc(C2c3c(nc(N4C(C)CCCC4C)[nH]c3=O)NC(=O)C2C#N)cc1. The summed E-state index contributed by atoms with van der Waals surface area (Å²) in [5.74, 6) is -0.956. The highest BCUT2D eigenvalue weighted by Crippen LogP contribution is 2.39. The second-order valence-corrected chi connectivity index (χ2v) is 9.08. The Morgan fingerprint density at radius 1 is 1.13 bits per heavy atom. The van der Waals surface area contributed by atoms with Gasteiger partial charge in [-0.05, 0) is 50.2 Å². The lowest BCUT2D eigenvalue weighted by Gasteiger charge is -2.40. The number of H-pyrrole nitrogens is 1. The number of piperidine rings is 1. The summed E-state index contributed by atoms with van der Waals surface area (Å²) in [6.45, 7) is 8.46. The number of anilines is 2. The van der Waals surface area contributed by atoms with Gasteiger partial charge >= 0.3 is 0 Å². The predicted octanol–water partition coefficient (Wildman–Crippen LogP) is 3.88. The van der Waals surface area contributed by atoms with Gasteiger partial charge in [0.05, 0.1) is 11.6 Å². The summed E-state index contributed by atoms with van der Waals surface area (Å²) in [4.78, 5) is 35.8. The number of hydrogen-bond acceptors (Lipinski definition) is 5. The van der Waals surface area contributed by atoms with Crippen molar-refractivity contribution in [1.82, 2.24) is 9.97 Å². The minimum absolute atomic E-state index is 0.246. The molecule has 7 nitrogen and oxygen atoms in total. The number of nitriles is 1. The van der Waals surface area contributed by atoms with Crippen molar-refractivity contribution in [2.24, 2.45) is 5.92 Å². The Bertz CT molecular complexity index is 1070. The maximum absolute atomic E-state index is 13.3. The van der Waals surface area contributed by atoms with E-state index < -0.39 is 17.7 Å². The number of amides is 1. The topological polar surface area (TPSA) is 102 Å². The molecule has 4 unspecified atom stereocenters. The third-order valence-electron chi connectivity index (χ3n) is 6.65. The number of carbonyl (C=O) groups excluding carboxylic acids is 1. The fraction of sp³-hybridized carbons (Fsp3) is 0.500. The van der Waals surface area contributed by atoms with Crippen LogP contribution < -0.4 is 15.8 Å². The minimum atomic E-state index is -0.987. The zero-order valence-corrected chi connectivity index (χ0v) is 18.5. The van der Waals surface area contributed by atoms with Crippen LogP contribution in [0.4, 0.5) is 11.8 Å². The molecule has 2 aliphatic rings. The van der Waals surface area contributed by atoms with E-state index in [2.05, 4.69) is 53.9 Å². The number of rotatable bonds is 3. The molecule has 4 rings (SSSR count). The standard InChI is InChI=1S/C24H29N5O2/c1-13(2)16-8-10-17(11-9-16)19-18(12-25)22(30)26-21-20(19)23(31)28-24(27-21)29-14(3)6-5-7-15(29)4/h8-11,13-15,18-19H,5-7H2,1-4H3,(H2,26,27,28,30,31). The molecule has 1 aromatic carbocycles. The smallest absolute Gasteiger partial charge is 0.258 e. The van der Waals surface area contributed by atoms with Crippen molar-refractivity contribution in [2.45, 2.75) is 70.9 Å². The van der Waals surface area contributed by atoms with Crippen molar-refractivity contribution >= 4 is 17.7 Å². The molecule has 0 bridgehead atoms. The molecule has 2 aromatic rings. The normalized spacial score (nSPS) is 25.7. The van der Waals surface area contributed by atoms with Gasteiger partial charge in [-0.2, -0.15) is 10.2 Å². The number of nitrogens with one attached hydrogen (secondary N) is 2. The molecule has 31 heavy (non-hydrogen) atoms. The molecule has 162 valence electrons. The highest BCUT2D eigenvalue weighted by molar-refractivity contribution is 5.98. The van der Waals surface area contributed by atoms with E-state index in [0.29, 0.717) is 17.4 Å². The lowest BCUT2D eigenvalue weighted by atomic mass is 9.78. The Morgan fingerprint density at radius 2 is 1.77 bits per heavy atom. The van der Waals surface area contributed by atoms with Crippen molar-refractivity contribution < 1.29 is 4.79 Å². The van der Waals surface area contributed by atoms with Crippen LogP contribution >= 0.6 is 0 Å². The van der Waals surface area contributed by atoms with Crippen LogP contribution in [0.25, 0.3) is 0 Å². The lowest BCUT2D eigenvalue weighted by Crippen LogP contribution is -2.46. The van der Waals surface area contributed by atoms with E-state index in [9.17, 15) is 14.9 Å². The predicted molar refractivity (Wildman–Crippen MR) is 120 cm³/mol. The Morgan fingerprint density at radius 3 is 2.35 bits per heavy atom. The molecule has 1 fully saturated rings. The zero-order valence-electron chi connectivity index (χ0n) is 18.5. The molecule has 1 saturated heterocycles. The molecular formula is C24H29N5O2. The number of nitrogens with zero attached hydrogens (tertiary/aromatic N) is 3. The Hall–Kier alpha value is -3.14. The van der Waals surface area contributed by atoms with Crippen molar-refractivity contribution in [3.8, 4) is 6.07 Å². The molecule has 0 radical (unpaired) electrons. The summed E-state index contributed by atoms with van der Waals surface area (Å²) in [5, 5.41) is 12.4. The first-order valence-corrected chi connectivity index (χ1v) is 11.0. The second-order valence-electron chi connectivity index (χ2n) is 9.08. The molecule has 2 N–H and O–H groups in total. The molecule has 0 aliphatic carbocycles. The molecule has 1 aromatic heterocycles. The summed E-state index contributed by atoms with van der Waals surface area (Å²) in [6.07, 6.45) is 3.20. The van der Waals surface area contributed by atoms with Gasteiger partial charge in [0.1, 0.15) is 11.7 Å². The fourth-order valence-electron chi connectivity index (χ4n) is 4.91. The molecule has 1 amide bonds. The summed E-state index contributed by atoms with van der Waals surface area (Å²) in [6, 6.07) is 10.4. The average Bonchev–Trinajstić information content (AvgIpc) is 2.72. The van der Waals surface area contributed by atoms with Crippen molar-refractivity contribution in [3.63, 3.8) is 0 Å². The third-order valence-corrected chi connectivity index (χ3v) is 6.65. The van der Waals surface area contributed by atoms with Gasteiger partial charge in [0, 0.05) is 18.0 Å². The molecular weight excluding hydrogens is 390 g/mol. The number of benzene rings is 1. The van der Waals surface area contributed by atoms with Crippen molar-refractivity contribution in [2.75, 3.05) is 10.2 Å². The average molecular weight is 420 g/mol. The maximum atomic E-state index is 13.3. The first-order valence-electron chi connectivity index (χ1n) is 11.0. The number of aromatic amines is 1. The molecule has 7 heteroatoms. The molecule has 0 spiro atoms. The van der Waals surface area contributed by atoms with Gasteiger partial charge in [-0.1, -0.05) is 38.1 Å². The van der Waals surface area contributed by atoms with E-state index in [1.54, 1.807) is 0 Å². The van der Waals surface area contributed by atoms with Crippen LogP contribution in [-0.2, 0) is 4.79 Å². The molecule has 2 aliphatic heterocycles. The monoisotopic (exact) mass is 419 g/mol. The molecule has 3 heterocycles. The van der Waals surface area contributed by atoms with Gasteiger partial charge in [-0.15, -0.1) is 0 Å². The van der Waals surface area contributed by atoms with Crippen LogP contribution in [0.15, 0.2) is 29.1 Å². The van der Waals surface area contributed by atoms with Crippen LogP contribution in [0, 0.1) is 17.2 Å². The van der Waals surface area contributed by atoms with Gasteiger partial charge in [0.15, 0.2) is 0 Å². The summed E-state index contributed by atoms with van der Waals surface area (Å²) >= 11 is 0. The Kier molecular flexibility index (Phi) is 5.57. The van der Waals surface area contributed by atoms with E-state index in [-0.39, 0.29) is 23.5 Å². The van der Waals surface area contributed by atoms with E-state index in [1.807, 2.05) is 24.3 Å². The Balaban J connectivity index is 1.83. The molecule has 4 atom stereocenters.